The van der Waals surface area contributed by atoms with Crippen LogP contribution in [0.4, 0.5) is 0 Å². The first kappa shape index (κ1) is 26.8. The van der Waals surface area contributed by atoms with E-state index in [-0.39, 0.29) is 28.9 Å². The summed E-state index contributed by atoms with van der Waals surface area (Å²) < 4.78 is 17.4. The standard InChI is InChI=1S/C26H24ClN5O5S/c1-35-20-10-4-17(5-11-20)25-30-31-26(32(25)19-8-6-18(27)7-9-19)38-15-23(33)29-28-14-16-12-21(36-2)24(34)22(13-16)37-3/h4-14,34H,15H2,1-3H3,(H,29,33)/b28-14-. The molecule has 1 aromatic heterocycles. The third-order valence-corrected chi connectivity index (χ3v) is 6.48. The van der Waals surface area contributed by atoms with Gasteiger partial charge in [0.2, 0.25) is 5.75 Å². The SMILES string of the molecule is COc1ccc(-c2nnc(SCC(=O)N/N=C\c3cc(OC)c(O)c(OC)c3)n2-c2ccc(Cl)cc2)cc1. The van der Waals surface area contributed by atoms with Crippen molar-refractivity contribution in [3.05, 3.63) is 71.2 Å². The molecule has 0 bridgehead atoms. The lowest BCUT2D eigenvalue weighted by Gasteiger charge is -2.11. The minimum Gasteiger partial charge on any atom is -0.502 e. The van der Waals surface area contributed by atoms with Crippen molar-refractivity contribution in [2.75, 3.05) is 27.1 Å². The second kappa shape index (κ2) is 12.3. The Morgan fingerprint density at radius 3 is 2.29 bits per heavy atom. The number of hydrogen-bond acceptors (Lipinski definition) is 9. The normalized spacial score (nSPS) is 10.9. The van der Waals surface area contributed by atoms with Gasteiger partial charge in [-0.2, -0.15) is 5.10 Å². The van der Waals surface area contributed by atoms with Gasteiger partial charge in [-0.05, 0) is 60.7 Å². The molecule has 3 aromatic carbocycles. The minimum absolute atomic E-state index is 0.0356. The van der Waals surface area contributed by atoms with E-state index in [1.165, 1.54) is 32.2 Å². The maximum absolute atomic E-state index is 12.5. The molecule has 0 aliphatic rings. The van der Waals surface area contributed by atoms with E-state index in [0.29, 0.717) is 21.6 Å². The summed E-state index contributed by atoms with van der Waals surface area (Å²) in [5, 5.41) is 23.8. The number of carbonyl (C=O) groups is 1. The van der Waals surface area contributed by atoms with Crippen LogP contribution in [0.25, 0.3) is 17.1 Å². The number of carbonyl (C=O) groups excluding carboxylic acids is 1. The maximum Gasteiger partial charge on any atom is 0.250 e. The minimum atomic E-state index is -0.347. The third kappa shape index (κ3) is 6.18. The molecule has 4 rings (SSSR count). The van der Waals surface area contributed by atoms with E-state index in [1.54, 1.807) is 31.4 Å². The summed E-state index contributed by atoms with van der Waals surface area (Å²) in [6.45, 7) is 0. The van der Waals surface area contributed by atoms with Gasteiger partial charge in [-0.1, -0.05) is 23.4 Å². The number of amides is 1. The zero-order valence-corrected chi connectivity index (χ0v) is 22.3. The monoisotopic (exact) mass is 553 g/mol. The molecule has 4 aromatic rings. The predicted octanol–water partition coefficient (Wildman–Crippen LogP) is 4.56. The summed E-state index contributed by atoms with van der Waals surface area (Å²) in [6, 6.07) is 17.9. The highest BCUT2D eigenvalue weighted by atomic mass is 35.5. The van der Waals surface area contributed by atoms with E-state index in [0.717, 1.165) is 17.0 Å². The Morgan fingerprint density at radius 2 is 1.68 bits per heavy atom. The molecule has 1 amide bonds. The number of nitrogens with one attached hydrogen (secondary N) is 1. The average Bonchev–Trinajstić information content (AvgIpc) is 3.37. The lowest BCUT2D eigenvalue weighted by molar-refractivity contribution is -0.118. The van der Waals surface area contributed by atoms with Gasteiger partial charge >= 0.3 is 0 Å². The molecule has 0 saturated heterocycles. The topological polar surface area (TPSA) is 120 Å². The molecular weight excluding hydrogens is 530 g/mol. The number of phenolic OH excluding ortho intramolecular Hbond substituents is 1. The van der Waals surface area contributed by atoms with Crippen LogP contribution < -0.4 is 19.6 Å². The smallest absolute Gasteiger partial charge is 0.250 e. The van der Waals surface area contributed by atoms with Crippen molar-refractivity contribution in [3.8, 4) is 40.1 Å². The van der Waals surface area contributed by atoms with Gasteiger partial charge in [0.25, 0.3) is 5.91 Å². The van der Waals surface area contributed by atoms with E-state index in [9.17, 15) is 9.90 Å². The first-order valence-electron chi connectivity index (χ1n) is 11.2. The Hall–Kier alpha value is -4.22. The quantitative estimate of drug-likeness (QED) is 0.167. The summed E-state index contributed by atoms with van der Waals surface area (Å²) in [5.74, 6) is 1.35. The van der Waals surface area contributed by atoms with Gasteiger partial charge in [-0.3, -0.25) is 9.36 Å². The van der Waals surface area contributed by atoms with E-state index < -0.39 is 0 Å². The zero-order chi connectivity index (χ0) is 27.1. The van der Waals surface area contributed by atoms with Crippen LogP contribution in [0.5, 0.6) is 23.0 Å². The van der Waals surface area contributed by atoms with Gasteiger partial charge < -0.3 is 19.3 Å². The molecule has 2 N–H and O–H groups in total. The number of hydrazone groups is 1. The van der Waals surface area contributed by atoms with Crippen molar-refractivity contribution in [2.24, 2.45) is 5.10 Å². The summed E-state index contributed by atoms with van der Waals surface area (Å²) in [7, 11) is 4.46. The second-order valence-corrected chi connectivity index (χ2v) is 9.08. The number of phenols is 1. The van der Waals surface area contributed by atoms with Crippen molar-refractivity contribution in [1.82, 2.24) is 20.2 Å². The van der Waals surface area contributed by atoms with Crippen LogP contribution in [0, 0.1) is 0 Å². The Bertz CT molecular complexity index is 1420. The van der Waals surface area contributed by atoms with E-state index in [2.05, 4.69) is 20.7 Å². The molecule has 0 atom stereocenters. The van der Waals surface area contributed by atoms with Gasteiger partial charge in [0, 0.05) is 21.8 Å². The van der Waals surface area contributed by atoms with E-state index in [4.69, 9.17) is 25.8 Å². The molecule has 0 unspecified atom stereocenters. The molecule has 0 spiro atoms. The van der Waals surface area contributed by atoms with Crippen molar-refractivity contribution in [2.45, 2.75) is 5.16 Å². The van der Waals surface area contributed by atoms with Crippen LogP contribution in [0.2, 0.25) is 5.02 Å². The highest BCUT2D eigenvalue weighted by Crippen LogP contribution is 2.36. The van der Waals surface area contributed by atoms with Crippen LogP contribution in [0.3, 0.4) is 0 Å². The third-order valence-electron chi connectivity index (χ3n) is 5.30. The zero-order valence-electron chi connectivity index (χ0n) is 20.7. The number of halogens is 1. The van der Waals surface area contributed by atoms with Gasteiger partial charge in [-0.15, -0.1) is 10.2 Å². The molecule has 0 aliphatic heterocycles. The van der Waals surface area contributed by atoms with Gasteiger partial charge in [0.05, 0.1) is 33.3 Å². The molecule has 38 heavy (non-hydrogen) atoms. The fourth-order valence-electron chi connectivity index (χ4n) is 3.44. The van der Waals surface area contributed by atoms with E-state index in [1.807, 2.05) is 41.0 Å². The van der Waals surface area contributed by atoms with Crippen LogP contribution in [0.1, 0.15) is 5.56 Å². The Morgan fingerprint density at radius 1 is 1.03 bits per heavy atom. The summed E-state index contributed by atoms with van der Waals surface area (Å²) in [4.78, 5) is 12.5. The van der Waals surface area contributed by atoms with Crippen LogP contribution >= 0.6 is 23.4 Å². The number of benzene rings is 3. The molecule has 12 heteroatoms. The number of thioether (sulfide) groups is 1. The predicted molar refractivity (Wildman–Crippen MR) is 146 cm³/mol. The molecule has 196 valence electrons. The molecule has 0 radical (unpaired) electrons. The van der Waals surface area contributed by atoms with Crippen molar-refractivity contribution in [3.63, 3.8) is 0 Å². The van der Waals surface area contributed by atoms with Crippen LogP contribution in [-0.4, -0.2) is 59.1 Å². The molecule has 0 aliphatic carbocycles. The molecule has 1 heterocycles. The summed E-state index contributed by atoms with van der Waals surface area (Å²) in [6.07, 6.45) is 1.42. The molecule has 0 fully saturated rings. The lowest BCUT2D eigenvalue weighted by atomic mass is 10.2. The summed E-state index contributed by atoms with van der Waals surface area (Å²) >= 11 is 7.30. The van der Waals surface area contributed by atoms with Crippen LogP contribution in [-0.2, 0) is 4.79 Å². The number of nitrogens with zero attached hydrogens (tertiary/aromatic N) is 4. The van der Waals surface area contributed by atoms with Gasteiger partial charge in [-0.25, -0.2) is 5.43 Å². The maximum atomic E-state index is 12.5. The largest absolute Gasteiger partial charge is 0.502 e. The average molecular weight is 554 g/mol. The van der Waals surface area contributed by atoms with Crippen molar-refractivity contribution in [1.29, 1.82) is 0 Å². The van der Waals surface area contributed by atoms with Crippen LogP contribution in [0.15, 0.2) is 70.9 Å². The molecular formula is C26H24ClN5O5S. The number of rotatable bonds is 10. The summed E-state index contributed by atoms with van der Waals surface area (Å²) in [5.41, 5.74) is 4.67. The van der Waals surface area contributed by atoms with Crippen molar-refractivity contribution < 1.29 is 24.1 Å². The number of hydrogen-bond donors (Lipinski definition) is 2. The Balaban J connectivity index is 1.50. The van der Waals surface area contributed by atoms with Gasteiger partial charge in [0.15, 0.2) is 22.5 Å². The Kier molecular flexibility index (Phi) is 8.72. The fourth-order valence-corrected chi connectivity index (χ4v) is 4.31. The highest BCUT2D eigenvalue weighted by molar-refractivity contribution is 7.99. The number of methoxy groups -OCH3 is 3. The number of aromatic nitrogens is 3. The highest BCUT2D eigenvalue weighted by Gasteiger charge is 2.18. The second-order valence-electron chi connectivity index (χ2n) is 7.70. The Labute approximate surface area is 228 Å². The first-order valence-corrected chi connectivity index (χ1v) is 12.5. The molecule has 10 nitrogen and oxygen atoms in total. The first-order chi connectivity index (χ1) is 18.4. The fraction of sp³-hybridized carbons (Fsp3) is 0.154. The molecule has 0 saturated carbocycles. The number of aromatic hydroxyl groups is 1. The van der Waals surface area contributed by atoms with Crippen molar-refractivity contribution >= 4 is 35.5 Å². The van der Waals surface area contributed by atoms with Gasteiger partial charge in [0.1, 0.15) is 5.75 Å². The number of ether oxygens (including phenoxy) is 3. The lowest BCUT2D eigenvalue weighted by Crippen LogP contribution is -2.20. The van der Waals surface area contributed by atoms with E-state index >= 15 is 0 Å².